The number of carbonyl (C=O) groups is 2. The molecule has 1 atom stereocenters. The first-order valence-electron chi connectivity index (χ1n) is 10.2. The average Bonchev–Trinajstić information content (AvgIpc) is 3.25. The standard InChI is InChI=1S/C21H29N3O3/c1-2-12-24(20(26)27)16-9-13-23(14-16)15-7-10-21(11-8-15)17-5-3-4-6-18(17)22-19(21)25/h3-6,15-16H,2,7-14H2,1H3,(H,22,25)(H,26,27)/t15?,16-,21?/m0/s1. The molecule has 0 unspecified atom stereocenters. The van der Waals surface area contributed by atoms with Gasteiger partial charge in [0.1, 0.15) is 0 Å². The van der Waals surface area contributed by atoms with E-state index in [1.54, 1.807) is 4.90 Å². The molecule has 6 heteroatoms. The van der Waals surface area contributed by atoms with Crippen LogP contribution >= 0.6 is 0 Å². The average molecular weight is 371 g/mol. The van der Waals surface area contributed by atoms with Crippen molar-refractivity contribution in [1.82, 2.24) is 9.80 Å². The van der Waals surface area contributed by atoms with E-state index in [4.69, 9.17) is 0 Å². The fourth-order valence-corrected chi connectivity index (χ4v) is 5.36. The Morgan fingerprint density at radius 3 is 2.74 bits per heavy atom. The molecule has 1 saturated heterocycles. The predicted octanol–water partition coefficient (Wildman–Crippen LogP) is 3.28. The van der Waals surface area contributed by atoms with E-state index in [9.17, 15) is 14.7 Å². The smallest absolute Gasteiger partial charge is 0.407 e. The summed E-state index contributed by atoms with van der Waals surface area (Å²) in [7, 11) is 0. The van der Waals surface area contributed by atoms with Crippen molar-refractivity contribution in [3.63, 3.8) is 0 Å². The summed E-state index contributed by atoms with van der Waals surface area (Å²) in [5.41, 5.74) is 1.77. The zero-order valence-corrected chi connectivity index (χ0v) is 16.0. The van der Waals surface area contributed by atoms with E-state index in [1.807, 2.05) is 25.1 Å². The minimum absolute atomic E-state index is 0.105. The quantitative estimate of drug-likeness (QED) is 0.852. The molecule has 146 valence electrons. The molecule has 2 heterocycles. The zero-order chi connectivity index (χ0) is 19.0. The van der Waals surface area contributed by atoms with Gasteiger partial charge in [-0.1, -0.05) is 25.1 Å². The van der Waals surface area contributed by atoms with Gasteiger partial charge in [-0.25, -0.2) is 4.79 Å². The van der Waals surface area contributed by atoms with Gasteiger partial charge in [0.25, 0.3) is 0 Å². The molecule has 2 N–H and O–H groups in total. The molecule has 2 aliphatic heterocycles. The first-order valence-corrected chi connectivity index (χ1v) is 10.2. The molecular formula is C21H29N3O3. The molecule has 6 nitrogen and oxygen atoms in total. The molecule has 3 aliphatic rings. The Labute approximate surface area is 160 Å². The van der Waals surface area contributed by atoms with Gasteiger partial charge < -0.3 is 15.3 Å². The number of nitrogens with zero attached hydrogens (tertiary/aromatic N) is 2. The first kappa shape index (κ1) is 18.3. The van der Waals surface area contributed by atoms with Crippen LogP contribution in [0.1, 0.15) is 51.0 Å². The number of nitrogens with one attached hydrogen (secondary N) is 1. The lowest BCUT2D eigenvalue weighted by molar-refractivity contribution is -0.122. The number of para-hydroxylation sites is 1. The van der Waals surface area contributed by atoms with Crippen molar-refractivity contribution in [2.75, 3.05) is 25.0 Å². The zero-order valence-electron chi connectivity index (χ0n) is 16.0. The minimum Gasteiger partial charge on any atom is -0.465 e. The number of rotatable bonds is 4. The van der Waals surface area contributed by atoms with E-state index in [-0.39, 0.29) is 17.4 Å². The predicted molar refractivity (Wildman–Crippen MR) is 104 cm³/mol. The molecule has 1 spiro atoms. The summed E-state index contributed by atoms with van der Waals surface area (Å²) in [5.74, 6) is 0.154. The summed E-state index contributed by atoms with van der Waals surface area (Å²) < 4.78 is 0. The van der Waals surface area contributed by atoms with Crippen molar-refractivity contribution in [2.45, 2.75) is 62.9 Å². The first-order chi connectivity index (χ1) is 13.0. The summed E-state index contributed by atoms with van der Waals surface area (Å²) in [6, 6.07) is 8.64. The van der Waals surface area contributed by atoms with E-state index >= 15 is 0 Å². The lowest BCUT2D eigenvalue weighted by Crippen LogP contribution is -2.46. The number of anilines is 1. The fourth-order valence-electron chi connectivity index (χ4n) is 5.36. The van der Waals surface area contributed by atoms with Crippen molar-refractivity contribution >= 4 is 17.7 Å². The van der Waals surface area contributed by atoms with Gasteiger partial charge in [-0.3, -0.25) is 9.69 Å². The van der Waals surface area contributed by atoms with Crippen LogP contribution in [0.4, 0.5) is 10.5 Å². The van der Waals surface area contributed by atoms with Crippen molar-refractivity contribution in [2.24, 2.45) is 0 Å². The van der Waals surface area contributed by atoms with E-state index in [2.05, 4.69) is 16.3 Å². The highest BCUT2D eigenvalue weighted by Gasteiger charge is 2.49. The van der Waals surface area contributed by atoms with Crippen LogP contribution in [0.25, 0.3) is 0 Å². The highest BCUT2D eigenvalue weighted by Crippen LogP contribution is 2.48. The van der Waals surface area contributed by atoms with Crippen LogP contribution < -0.4 is 5.32 Å². The number of amides is 2. The molecular weight excluding hydrogens is 342 g/mol. The molecule has 1 aliphatic carbocycles. The lowest BCUT2D eigenvalue weighted by atomic mass is 9.68. The van der Waals surface area contributed by atoms with E-state index < -0.39 is 6.09 Å². The van der Waals surface area contributed by atoms with Crippen molar-refractivity contribution < 1.29 is 14.7 Å². The molecule has 0 bridgehead atoms. The van der Waals surface area contributed by atoms with Gasteiger partial charge in [0, 0.05) is 37.4 Å². The van der Waals surface area contributed by atoms with Gasteiger partial charge in [-0.15, -0.1) is 0 Å². The van der Waals surface area contributed by atoms with Crippen LogP contribution in [0.15, 0.2) is 24.3 Å². The summed E-state index contributed by atoms with van der Waals surface area (Å²) >= 11 is 0. The highest BCUT2D eigenvalue weighted by molar-refractivity contribution is 6.06. The monoisotopic (exact) mass is 371 g/mol. The summed E-state index contributed by atoms with van der Waals surface area (Å²) in [5, 5.41) is 12.6. The van der Waals surface area contributed by atoms with Crippen LogP contribution in [0.2, 0.25) is 0 Å². The van der Waals surface area contributed by atoms with Gasteiger partial charge in [0.05, 0.1) is 5.41 Å². The maximum Gasteiger partial charge on any atom is 0.407 e. The van der Waals surface area contributed by atoms with Crippen LogP contribution in [0.3, 0.4) is 0 Å². The Balaban J connectivity index is 1.41. The Morgan fingerprint density at radius 1 is 1.30 bits per heavy atom. The van der Waals surface area contributed by atoms with Crippen LogP contribution in [-0.2, 0) is 10.2 Å². The summed E-state index contributed by atoms with van der Waals surface area (Å²) in [4.78, 5) is 28.3. The molecule has 27 heavy (non-hydrogen) atoms. The number of benzene rings is 1. The molecule has 1 aromatic carbocycles. The SMILES string of the molecule is CCCN(C(=O)O)[C@H]1CCN(C2CCC3(CC2)C(=O)Nc2ccccc23)C1. The van der Waals surface area contributed by atoms with Crippen LogP contribution in [-0.4, -0.2) is 58.6 Å². The molecule has 2 fully saturated rings. The van der Waals surface area contributed by atoms with Gasteiger partial charge in [-0.2, -0.15) is 0 Å². The molecule has 1 aromatic rings. The third-order valence-corrected chi connectivity index (χ3v) is 6.80. The number of likely N-dealkylation sites (tertiary alicyclic amines) is 1. The largest absolute Gasteiger partial charge is 0.465 e. The van der Waals surface area contributed by atoms with E-state index in [0.717, 1.165) is 62.9 Å². The van der Waals surface area contributed by atoms with Gasteiger partial charge in [-0.05, 0) is 50.2 Å². The van der Waals surface area contributed by atoms with E-state index in [0.29, 0.717) is 12.6 Å². The molecule has 4 rings (SSSR count). The third-order valence-electron chi connectivity index (χ3n) is 6.80. The number of fused-ring (bicyclic) bond motifs is 2. The second-order valence-corrected chi connectivity index (χ2v) is 8.23. The summed E-state index contributed by atoms with van der Waals surface area (Å²) in [6.45, 7) is 4.41. The maximum absolute atomic E-state index is 12.7. The normalized spacial score (nSPS) is 30.3. The maximum atomic E-state index is 12.7. The number of carboxylic acid groups (broad SMARTS) is 1. The molecule has 2 amide bonds. The number of hydrogen-bond acceptors (Lipinski definition) is 3. The Morgan fingerprint density at radius 2 is 2.04 bits per heavy atom. The topological polar surface area (TPSA) is 72.9 Å². The highest BCUT2D eigenvalue weighted by atomic mass is 16.4. The fraction of sp³-hybridized carbons (Fsp3) is 0.619. The van der Waals surface area contributed by atoms with E-state index in [1.165, 1.54) is 0 Å². The Kier molecular flexibility index (Phi) is 4.84. The molecule has 0 aromatic heterocycles. The van der Waals surface area contributed by atoms with Gasteiger partial charge >= 0.3 is 6.09 Å². The van der Waals surface area contributed by atoms with Crippen molar-refractivity contribution in [3.8, 4) is 0 Å². The second kappa shape index (κ2) is 7.15. The number of carbonyl (C=O) groups excluding carboxylic acids is 1. The van der Waals surface area contributed by atoms with Crippen molar-refractivity contribution in [3.05, 3.63) is 29.8 Å². The van der Waals surface area contributed by atoms with Crippen LogP contribution in [0, 0.1) is 0 Å². The minimum atomic E-state index is -0.800. The molecule has 1 saturated carbocycles. The third kappa shape index (κ3) is 3.10. The Hall–Kier alpha value is -2.08. The van der Waals surface area contributed by atoms with Crippen molar-refractivity contribution in [1.29, 1.82) is 0 Å². The second-order valence-electron chi connectivity index (χ2n) is 8.23. The lowest BCUT2D eigenvalue weighted by Gasteiger charge is -2.39. The summed E-state index contributed by atoms with van der Waals surface area (Å²) in [6.07, 6.45) is 4.70. The Bertz CT molecular complexity index is 727. The van der Waals surface area contributed by atoms with Gasteiger partial charge in [0.2, 0.25) is 5.91 Å². The van der Waals surface area contributed by atoms with Crippen LogP contribution in [0.5, 0.6) is 0 Å². The van der Waals surface area contributed by atoms with Gasteiger partial charge in [0.15, 0.2) is 0 Å². The molecule has 0 radical (unpaired) electrons. The number of hydrogen-bond donors (Lipinski definition) is 2.